The van der Waals surface area contributed by atoms with Crippen LogP contribution in [0.2, 0.25) is 0 Å². The Hall–Kier alpha value is -1.23. The molecule has 3 atom stereocenters. The highest BCUT2D eigenvalue weighted by atomic mass is 32.2. The molecule has 0 saturated heterocycles. The van der Waals surface area contributed by atoms with Gasteiger partial charge in [-0.05, 0) is 42.5 Å². The number of carbonyl (C=O) groups excluding carboxylic acids is 1. The van der Waals surface area contributed by atoms with Crippen molar-refractivity contribution in [1.29, 1.82) is 0 Å². The normalized spacial score (nSPS) is 24.2. The number of ether oxygens (including phenoxy) is 1. The fraction of sp³-hybridized carbons (Fsp3) is 0.611. The molecule has 0 unspecified atom stereocenters. The Kier molecular flexibility index (Phi) is 7.21. The van der Waals surface area contributed by atoms with Crippen molar-refractivity contribution in [2.75, 3.05) is 18.1 Å². The Bertz CT molecular complexity index is 494. The molecule has 128 valence electrons. The van der Waals surface area contributed by atoms with E-state index >= 15 is 0 Å². The second-order valence-corrected chi connectivity index (χ2v) is 7.40. The zero-order valence-electron chi connectivity index (χ0n) is 13.9. The lowest BCUT2D eigenvalue weighted by atomic mass is 9.78. The fourth-order valence-electron chi connectivity index (χ4n) is 2.95. The van der Waals surface area contributed by atoms with Crippen LogP contribution in [0.5, 0.6) is 5.75 Å². The molecule has 23 heavy (non-hydrogen) atoms. The molecule has 1 N–H and O–H groups in total. The Morgan fingerprint density at radius 2 is 2.04 bits per heavy atom. The van der Waals surface area contributed by atoms with E-state index in [0.29, 0.717) is 36.0 Å². The molecule has 1 fully saturated rings. The minimum absolute atomic E-state index is 0.114. The van der Waals surface area contributed by atoms with Gasteiger partial charge in [0.2, 0.25) is 5.91 Å². The number of benzene rings is 1. The summed E-state index contributed by atoms with van der Waals surface area (Å²) in [5.74, 6) is 2.94. The van der Waals surface area contributed by atoms with Crippen LogP contribution in [0.4, 0.5) is 4.39 Å². The van der Waals surface area contributed by atoms with Crippen LogP contribution in [0.15, 0.2) is 24.3 Å². The van der Waals surface area contributed by atoms with Crippen molar-refractivity contribution in [3.8, 4) is 5.75 Å². The van der Waals surface area contributed by atoms with E-state index < -0.39 is 0 Å². The number of thioether (sulfide) groups is 1. The molecule has 1 aliphatic rings. The first-order valence-corrected chi connectivity index (χ1v) is 9.47. The smallest absolute Gasteiger partial charge is 0.230 e. The number of halogens is 1. The van der Waals surface area contributed by atoms with Crippen LogP contribution in [0.1, 0.15) is 33.1 Å². The van der Waals surface area contributed by atoms with Gasteiger partial charge < -0.3 is 10.1 Å². The van der Waals surface area contributed by atoms with E-state index in [-0.39, 0.29) is 11.7 Å². The van der Waals surface area contributed by atoms with Crippen LogP contribution in [-0.4, -0.2) is 30.1 Å². The third-order valence-electron chi connectivity index (χ3n) is 4.60. The lowest BCUT2D eigenvalue weighted by molar-refractivity contribution is -0.119. The van der Waals surface area contributed by atoms with Gasteiger partial charge in [0, 0.05) is 11.8 Å². The number of hydrogen-bond acceptors (Lipinski definition) is 3. The van der Waals surface area contributed by atoms with E-state index in [1.165, 1.54) is 25.0 Å². The van der Waals surface area contributed by atoms with Crippen LogP contribution >= 0.6 is 11.8 Å². The maximum Gasteiger partial charge on any atom is 0.230 e. The van der Waals surface area contributed by atoms with E-state index in [2.05, 4.69) is 19.2 Å². The molecule has 0 radical (unpaired) electrons. The summed E-state index contributed by atoms with van der Waals surface area (Å²) in [5, 5.41) is 3.17. The molecule has 2 rings (SSSR count). The third kappa shape index (κ3) is 6.05. The van der Waals surface area contributed by atoms with Gasteiger partial charge in [-0.3, -0.25) is 4.79 Å². The summed E-state index contributed by atoms with van der Waals surface area (Å²) in [6.07, 6.45) is 3.56. The van der Waals surface area contributed by atoms with Gasteiger partial charge in [0.1, 0.15) is 11.6 Å². The number of hydrogen-bond donors (Lipinski definition) is 1. The van der Waals surface area contributed by atoms with E-state index in [9.17, 15) is 9.18 Å². The molecule has 5 heteroatoms. The van der Waals surface area contributed by atoms with Crippen LogP contribution < -0.4 is 10.1 Å². The van der Waals surface area contributed by atoms with Crippen molar-refractivity contribution in [2.24, 2.45) is 11.8 Å². The summed E-state index contributed by atoms with van der Waals surface area (Å²) < 4.78 is 18.3. The summed E-state index contributed by atoms with van der Waals surface area (Å²) in [4.78, 5) is 12.0. The second kappa shape index (κ2) is 9.16. The highest BCUT2D eigenvalue weighted by molar-refractivity contribution is 7.99. The predicted octanol–water partition coefficient (Wildman–Crippen LogP) is 3.88. The molecule has 3 nitrogen and oxygen atoms in total. The van der Waals surface area contributed by atoms with Crippen molar-refractivity contribution in [3.63, 3.8) is 0 Å². The first-order valence-electron chi connectivity index (χ1n) is 8.31. The average molecular weight is 339 g/mol. The van der Waals surface area contributed by atoms with Gasteiger partial charge in [-0.15, -0.1) is 11.8 Å². The number of rotatable bonds is 7. The van der Waals surface area contributed by atoms with Crippen molar-refractivity contribution in [1.82, 2.24) is 5.32 Å². The van der Waals surface area contributed by atoms with Crippen LogP contribution in [-0.2, 0) is 4.79 Å². The van der Waals surface area contributed by atoms with Gasteiger partial charge in [0.05, 0.1) is 12.4 Å². The lowest BCUT2D eigenvalue weighted by Crippen LogP contribution is -2.44. The van der Waals surface area contributed by atoms with Crippen molar-refractivity contribution < 1.29 is 13.9 Å². The molecule has 1 aromatic rings. The predicted molar refractivity (Wildman–Crippen MR) is 93.3 cm³/mol. The highest BCUT2D eigenvalue weighted by Crippen LogP contribution is 2.29. The molecule has 0 spiro atoms. The largest absolute Gasteiger partial charge is 0.493 e. The molecular weight excluding hydrogens is 313 g/mol. The maximum atomic E-state index is 12.8. The van der Waals surface area contributed by atoms with E-state index in [1.54, 1.807) is 23.9 Å². The molecule has 0 aliphatic heterocycles. The average Bonchev–Trinajstić information content (AvgIpc) is 2.53. The van der Waals surface area contributed by atoms with Crippen molar-refractivity contribution >= 4 is 17.7 Å². The number of carbonyl (C=O) groups is 1. The summed E-state index contributed by atoms with van der Waals surface area (Å²) in [6, 6.07) is 6.29. The first kappa shape index (κ1) is 18.1. The van der Waals surface area contributed by atoms with Gasteiger partial charge in [0.25, 0.3) is 0 Å². The van der Waals surface area contributed by atoms with Gasteiger partial charge in [-0.25, -0.2) is 4.39 Å². The van der Waals surface area contributed by atoms with Gasteiger partial charge in [-0.1, -0.05) is 26.7 Å². The SMILES string of the molecule is C[C@H]1[C@H](C)CCC[C@H]1NC(=O)CSCCOc1ccc(F)cc1. The summed E-state index contributed by atoms with van der Waals surface area (Å²) in [6.45, 7) is 5.02. The van der Waals surface area contributed by atoms with Gasteiger partial charge >= 0.3 is 0 Å². The molecule has 0 bridgehead atoms. The highest BCUT2D eigenvalue weighted by Gasteiger charge is 2.27. The Labute approximate surface area is 142 Å². The lowest BCUT2D eigenvalue weighted by Gasteiger charge is -2.34. The summed E-state index contributed by atoms with van der Waals surface area (Å²) >= 11 is 1.56. The quantitative estimate of drug-likeness (QED) is 0.766. The Morgan fingerprint density at radius 3 is 2.78 bits per heavy atom. The molecule has 0 heterocycles. The van der Waals surface area contributed by atoms with E-state index in [4.69, 9.17) is 4.74 Å². The van der Waals surface area contributed by atoms with Gasteiger partial charge in [0.15, 0.2) is 0 Å². The Morgan fingerprint density at radius 1 is 1.30 bits per heavy atom. The second-order valence-electron chi connectivity index (χ2n) is 6.30. The zero-order chi connectivity index (χ0) is 16.7. The third-order valence-corrected chi connectivity index (χ3v) is 5.52. The zero-order valence-corrected chi connectivity index (χ0v) is 14.7. The summed E-state index contributed by atoms with van der Waals surface area (Å²) in [5.41, 5.74) is 0. The monoisotopic (exact) mass is 339 g/mol. The van der Waals surface area contributed by atoms with Gasteiger partial charge in [-0.2, -0.15) is 0 Å². The first-order chi connectivity index (χ1) is 11.1. The minimum Gasteiger partial charge on any atom is -0.493 e. The molecule has 1 aliphatic carbocycles. The fourth-order valence-corrected chi connectivity index (χ4v) is 3.56. The van der Waals surface area contributed by atoms with Crippen LogP contribution in [0, 0.1) is 17.7 Å². The van der Waals surface area contributed by atoms with Crippen LogP contribution in [0.3, 0.4) is 0 Å². The molecular formula is C18H26FNO2S. The minimum atomic E-state index is -0.269. The Balaban J connectivity index is 1.58. The maximum absolute atomic E-state index is 12.8. The number of nitrogens with one attached hydrogen (secondary N) is 1. The molecule has 1 aromatic carbocycles. The van der Waals surface area contributed by atoms with E-state index in [1.807, 2.05) is 0 Å². The number of amides is 1. The van der Waals surface area contributed by atoms with Crippen molar-refractivity contribution in [3.05, 3.63) is 30.1 Å². The topological polar surface area (TPSA) is 38.3 Å². The van der Waals surface area contributed by atoms with Crippen molar-refractivity contribution in [2.45, 2.75) is 39.2 Å². The molecule has 1 saturated carbocycles. The van der Waals surface area contributed by atoms with E-state index in [0.717, 1.165) is 12.2 Å². The molecule has 0 aromatic heterocycles. The van der Waals surface area contributed by atoms with Crippen LogP contribution in [0.25, 0.3) is 0 Å². The summed E-state index contributed by atoms with van der Waals surface area (Å²) in [7, 11) is 0. The molecule has 1 amide bonds. The standard InChI is InChI=1S/C18H26FNO2S/c1-13-4-3-5-17(14(13)2)20-18(21)12-23-11-10-22-16-8-6-15(19)7-9-16/h6-9,13-14,17H,3-5,10-12H2,1-2H3,(H,20,21)/t13-,14+,17-/m1/s1.